The summed E-state index contributed by atoms with van der Waals surface area (Å²) in [6, 6.07) is 9.80. The van der Waals surface area contributed by atoms with Crippen molar-refractivity contribution >= 4 is 11.8 Å². The molecule has 1 fully saturated rings. The predicted molar refractivity (Wildman–Crippen MR) is 100.0 cm³/mol. The number of piperidine rings is 1. The number of carbonyl (C=O) groups is 2. The van der Waals surface area contributed by atoms with E-state index in [1.165, 1.54) is 0 Å². The van der Waals surface area contributed by atoms with Crippen molar-refractivity contribution in [3.8, 4) is 0 Å². The van der Waals surface area contributed by atoms with E-state index in [-0.39, 0.29) is 23.8 Å². The summed E-state index contributed by atoms with van der Waals surface area (Å²) < 4.78 is 0. The van der Waals surface area contributed by atoms with Gasteiger partial charge >= 0.3 is 0 Å². The van der Waals surface area contributed by atoms with Gasteiger partial charge in [0.15, 0.2) is 0 Å². The molecule has 2 atom stereocenters. The second-order valence-corrected chi connectivity index (χ2v) is 6.92. The molecule has 1 aliphatic rings. The number of benzene rings is 1. The largest absolute Gasteiger partial charge is 0.352 e. The number of amides is 2. The van der Waals surface area contributed by atoms with E-state index >= 15 is 0 Å². The number of hydrogen-bond donors (Lipinski definition) is 2. The van der Waals surface area contributed by atoms with Gasteiger partial charge in [0.05, 0.1) is 12.3 Å². The van der Waals surface area contributed by atoms with Crippen molar-refractivity contribution in [1.29, 1.82) is 0 Å². The Labute approximate surface area is 151 Å². The molecular weight excluding hydrogens is 314 g/mol. The first-order chi connectivity index (χ1) is 12.1. The molecule has 1 saturated heterocycles. The lowest BCUT2D eigenvalue weighted by Crippen LogP contribution is -2.49. The lowest BCUT2D eigenvalue weighted by molar-refractivity contribution is -0.135. The van der Waals surface area contributed by atoms with Crippen LogP contribution in [0.1, 0.15) is 44.6 Å². The predicted octanol–water partition coefficient (Wildman–Crippen LogP) is 2.10. The van der Waals surface area contributed by atoms with Crippen LogP contribution < -0.4 is 11.1 Å². The molecular formula is C20H31N3O2. The van der Waals surface area contributed by atoms with E-state index in [1.807, 2.05) is 35.2 Å². The van der Waals surface area contributed by atoms with E-state index in [4.69, 9.17) is 5.73 Å². The Balaban J connectivity index is 1.86. The molecule has 138 valence electrons. The number of nitrogens with one attached hydrogen (secondary N) is 1. The molecule has 3 N–H and O–H groups in total. The van der Waals surface area contributed by atoms with E-state index in [0.29, 0.717) is 19.5 Å². The molecule has 25 heavy (non-hydrogen) atoms. The zero-order valence-corrected chi connectivity index (χ0v) is 15.2. The van der Waals surface area contributed by atoms with Crippen LogP contribution in [0, 0.1) is 5.92 Å². The number of nitrogens with zero attached hydrogens (tertiary/aromatic N) is 1. The first-order valence-electron chi connectivity index (χ1n) is 9.46. The zero-order valence-electron chi connectivity index (χ0n) is 15.2. The third kappa shape index (κ3) is 6.16. The topological polar surface area (TPSA) is 75.4 Å². The van der Waals surface area contributed by atoms with Crippen LogP contribution >= 0.6 is 0 Å². The first-order valence-corrected chi connectivity index (χ1v) is 9.46. The Bertz CT molecular complexity index is 547. The Morgan fingerprint density at radius 1 is 1.32 bits per heavy atom. The van der Waals surface area contributed by atoms with E-state index in [1.54, 1.807) is 0 Å². The minimum Gasteiger partial charge on any atom is -0.352 e. The molecule has 2 unspecified atom stereocenters. The fraction of sp³-hybridized carbons (Fsp3) is 0.600. The summed E-state index contributed by atoms with van der Waals surface area (Å²) in [6.07, 6.45) is 5.19. The quantitative estimate of drug-likeness (QED) is 0.758. The van der Waals surface area contributed by atoms with Gasteiger partial charge in [-0.25, -0.2) is 0 Å². The second-order valence-electron chi connectivity index (χ2n) is 6.92. The summed E-state index contributed by atoms with van der Waals surface area (Å²) in [5.74, 6) is 0.0259. The molecule has 0 spiro atoms. The van der Waals surface area contributed by atoms with Crippen LogP contribution in [0.2, 0.25) is 0 Å². The molecule has 0 radical (unpaired) electrons. The number of carbonyl (C=O) groups excluding carboxylic acids is 2. The highest BCUT2D eigenvalue weighted by molar-refractivity contribution is 5.82. The molecule has 0 saturated carbocycles. The fourth-order valence-corrected chi connectivity index (χ4v) is 3.32. The minimum absolute atomic E-state index is 0.0443. The number of unbranched alkanes of at least 4 members (excludes halogenated alkanes) is 1. The fourth-order valence-electron chi connectivity index (χ4n) is 3.32. The zero-order chi connectivity index (χ0) is 18.1. The number of nitrogens with two attached hydrogens (primary N) is 1. The van der Waals surface area contributed by atoms with Gasteiger partial charge in [-0.1, -0.05) is 50.1 Å². The smallest absolute Gasteiger partial charge is 0.227 e. The molecule has 0 aliphatic carbocycles. The average molecular weight is 345 g/mol. The van der Waals surface area contributed by atoms with Gasteiger partial charge in [0, 0.05) is 25.7 Å². The lowest BCUT2D eigenvalue weighted by Gasteiger charge is -2.33. The standard InChI is InChI=1S/C20H31N3O2/c1-2-3-11-18(14-21)22-20(25)17-10-7-12-23(15-17)19(24)13-16-8-5-4-6-9-16/h4-6,8-9,17-18H,2-3,7,10-15,21H2,1H3,(H,22,25). The van der Waals surface area contributed by atoms with Crippen LogP contribution in [-0.2, 0) is 16.0 Å². The Morgan fingerprint density at radius 2 is 2.08 bits per heavy atom. The summed E-state index contributed by atoms with van der Waals surface area (Å²) in [5, 5.41) is 3.08. The van der Waals surface area contributed by atoms with Crippen LogP contribution in [-0.4, -0.2) is 42.4 Å². The van der Waals surface area contributed by atoms with Crippen molar-refractivity contribution < 1.29 is 9.59 Å². The van der Waals surface area contributed by atoms with E-state index in [2.05, 4.69) is 12.2 Å². The lowest BCUT2D eigenvalue weighted by atomic mass is 9.95. The van der Waals surface area contributed by atoms with Crippen LogP contribution in [0.3, 0.4) is 0 Å². The molecule has 1 aromatic rings. The van der Waals surface area contributed by atoms with Gasteiger partial charge in [0.25, 0.3) is 0 Å². The van der Waals surface area contributed by atoms with Crippen LogP contribution in [0.25, 0.3) is 0 Å². The number of likely N-dealkylation sites (tertiary alicyclic amines) is 1. The molecule has 1 aliphatic heterocycles. The second kappa shape index (κ2) is 10.2. The van der Waals surface area contributed by atoms with Crippen molar-refractivity contribution in [2.45, 2.75) is 51.5 Å². The van der Waals surface area contributed by atoms with Crippen LogP contribution in [0.4, 0.5) is 0 Å². The molecule has 1 aromatic carbocycles. The third-order valence-electron chi connectivity index (χ3n) is 4.88. The highest BCUT2D eigenvalue weighted by Crippen LogP contribution is 2.18. The molecule has 0 bridgehead atoms. The van der Waals surface area contributed by atoms with Crippen molar-refractivity contribution in [2.75, 3.05) is 19.6 Å². The van der Waals surface area contributed by atoms with Crippen molar-refractivity contribution in [2.24, 2.45) is 11.7 Å². The van der Waals surface area contributed by atoms with E-state index < -0.39 is 0 Å². The third-order valence-corrected chi connectivity index (χ3v) is 4.88. The molecule has 5 heteroatoms. The molecule has 5 nitrogen and oxygen atoms in total. The maximum Gasteiger partial charge on any atom is 0.227 e. The van der Waals surface area contributed by atoms with Crippen LogP contribution in [0.15, 0.2) is 30.3 Å². The van der Waals surface area contributed by atoms with Gasteiger partial charge in [0.2, 0.25) is 11.8 Å². The SMILES string of the molecule is CCCCC(CN)NC(=O)C1CCCN(C(=O)Cc2ccccc2)C1. The number of rotatable bonds is 8. The summed E-state index contributed by atoms with van der Waals surface area (Å²) in [6.45, 7) is 3.86. The van der Waals surface area contributed by atoms with Gasteiger partial charge in [-0.3, -0.25) is 9.59 Å². The highest BCUT2D eigenvalue weighted by Gasteiger charge is 2.29. The Hall–Kier alpha value is -1.88. The molecule has 0 aromatic heterocycles. The molecule has 1 heterocycles. The Kier molecular flexibility index (Phi) is 7.92. The van der Waals surface area contributed by atoms with Crippen LogP contribution in [0.5, 0.6) is 0 Å². The van der Waals surface area contributed by atoms with E-state index in [0.717, 1.165) is 44.2 Å². The maximum atomic E-state index is 12.6. The average Bonchev–Trinajstić information content (AvgIpc) is 2.65. The minimum atomic E-state index is -0.121. The van der Waals surface area contributed by atoms with Crippen molar-refractivity contribution in [3.63, 3.8) is 0 Å². The van der Waals surface area contributed by atoms with Gasteiger partial charge in [0.1, 0.15) is 0 Å². The monoisotopic (exact) mass is 345 g/mol. The molecule has 2 amide bonds. The van der Waals surface area contributed by atoms with E-state index in [9.17, 15) is 9.59 Å². The van der Waals surface area contributed by atoms with Crippen molar-refractivity contribution in [1.82, 2.24) is 10.2 Å². The Morgan fingerprint density at radius 3 is 2.76 bits per heavy atom. The highest BCUT2D eigenvalue weighted by atomic mass is 16.2. The van der Waals surface area contributed by atoms with Gasteiger partial charge in [-0.15, -0.1) is 0 Å². The normalized spacial score (nSPS) is 18.6. The maximum absolute atomic E-state index is 12.6. The molecule has 2 rings (SSSR count). The number of hydrogen-bond acceptors (Lipinski definition) is 3. The first kappa shape index (κ1) is 19.4. The van der Waals surface area contributed by atoms with Gasteiger partial charge in [-0.05, 0) is 24.8 Å². The van der Waals surface area contributed by atoms with Gasteiger partial charge < -0.3 is 16.0 Å². The van der Waals surface area contributed by atoms with Crippen molar-refractivity contribution in [3.05, 3.63) is 35.9 Å². The summed E-state index contributed by atoms with van der Waals surface area (Å²) >= 11 is 0. The summed E-state index contributed by atoms with van der Waals surface area (Å²) in [5.41, 5.74) is 6.79. The summed E-state index contributed by atoms with van der Waals surface area (Å²) in [7, 11) is 0. The van der Waals surface area contributed by atoms with Gasteiger partial charge in [-0.2, -0.15) is 0 Å². The summed E-state index contributed by atoms with van der Waals surface area (Å²) in [4.78, 5) is 26.9.